The zero-order valence-corrected chi connectivity index (χ0v) is 22.8. The van der Waals surface area contributed by atoms with E-state index in [1.165, 1.54) is 0 Å². The summed E-state index contributed by atoms with van der Waals surface area (Å²) in [6.07, 6.45) is 0. The third-order valence-electron chi connectivity index (χ3n) is 6.18. The van der Waals surface area contributed by atoms with E-state index in [0.29, 0.717) is 28.6 Å². The second-order valence-corrected chi connectivity index (χ2v) is 9.25. The molecule has 0 aliphatic rings. The van der Waals surface area contributed by atoms with Crippen molar-refractivity contribution in [2.45, 2.75) is 0 Å². The molecule has 8 heteroatoms. The summed E-state index contributed by atoms with van der Waals surface area (Å²) in [5.74, 6) is 0.969. The van der Waals surface area contributed by atoms with Gasteiger partial charge >= 0.3 is 0 Å². The van der Waals surface area contributed by atoms with Crippen LogP contribution in [-0.4, -0.2) is 19.9 Å². The molecule has 7 nitrogen and oxygen atoms in total. The molecule has 200 valence electrons. The first-order valence-electron chi connectivity index (χ1n) is 12.8. The molecule has 0 radical (unpaired) electrons. The van der Waals surface area contributed by atoms with Gasteiger partial charge in [-0.1, -0.05) is 133 Å². The third kappa shape index (κ3) is 6.13. The quantitative estimate of drug-likeness (QED) is 0.224. The van der Waals surface area contributed by atoms with Gasteiger partial charge in [-0.3, -0.25) is 4.79 Å². The predicted octanol–water partition coefficient (Wildman–Crippen LogP) is 7.31. The van der Waals surface area contributed by atoms with Gasteiger partial charge in [0.15, 0.2) is 11.0 Å². The number of rotatable bonds is 4. The normalized spacial score (nSPS) is 10.1. The average molecular weight is 565 g/mol. The largest absolute Gasteiger partial charge is 0.305 e. The number of hydrogen-bond acceptors (Lipinski definition) is 6. The lowest BCUT2D eigenvalue weighted by molar-refractivity contribution is 1.11. The molecule has 0 atom stereocenters. The number of aromatic nitrogens is 4. The minimum absolute atomic E-state index is 0.0286. The van der Waals surface area contributed by atoms with Gasteiger partial charge < -0.3 is 4.98 Å². The molecule has 0 unspecified atom stereocenters. The summed E-state index contributed by atoms with van der Waals surface area (Å²) in [4.78, 5) is 28.0. The van der Waals surface area contributed by atoms with E-state index in [4.69, 9.17) is 11.6 Å². The van der Waals surface area contributed by atoms with E-state index in [-0.39, 0.29) is 10.7 Å². The van der Waals surface area contributed by atoms with Crippen molar-refractivity contribution in [2.24, 2.45) is 0 Å². The highest BCUT2D eigenvalue weighted by molar-refractivity contribution is 6.31. The smallest absolute Gasteiger partial charge is 0.269 e. The van der Waals surface area contributed by atoms with Gasteiger partial charge in [0, 0.05) is 22.3 Å². The van der Waals surface area contributed by atoms with E-state index in [1.54, 1.807) is 0 Å². The molecule has 0 saturated carbocycles. The molecule has 0 spiro atoms. The molecule has 6 rings (SSSR count). The highest BCUT2D eigenvalue weighted by Crippen LogP contribution is 2.29. The zero-order valence-electron chi connectivity index (χ0n) is 22.1. The Hall–Kier alpha value is -5.89. The van der Waals surface area contributed by atoms with Gasteiger partial charge in [0.25, 0.3) is 5.56 Å². The maximum Gasteiger partial charge on any atom is 0.269 e. The Morgan fingerprint density at radius 1 is 0.548 bits per heavy atom. The van der Waals surface area contributed by atoms with Crippen LogP contribution in [0, 0.1) is 22.7 Å². The molecule has 2 heterocycles. The maximum absolute atomic E-state index is 12.1. The zero-order chi connectivity index (χ0) is 29.3. The van der Waals surface area contributed by atoms with Crippen LogP contribution >= 0.6 is 11.6 Å². The molecule has 0 saturated heterocycles. The van der Waals surface area contributed by atoms with Crippen molar-refractivity contribution in [3.8, 4) is 57.4 Å². The Morgan fingerprint density at radius 2 is 0.976 bits per heavy atom. The standard InChI is InChI=1S/C17H10ClN3.C17H11N3O/c18-16-14(11-19)15(12-7-3-1-4-8-12)20-17(21-16)13-9-5-2-6-10-13;18-11-14-15(12-7-3-1-4-8-12)19-16(20-17(14)21)13-9-5-2-6-10-13/h1-10H;1-10H,(H,19,20,21). The van der Waals surface area contributed by atoms with Crippen molar-refractivity contribution < 1.29 is 0 Å². The minimum atomic E-state index is -0.426. The van der Waals surface area contributed by atoms with Crippen LogP contribution in [0.2, 0.25) is 5.15 Å². The van der Waals surface area contributed by atoms with Gasteiger partial charge in [0.1, 0.15) is 29.1 Å². The van der Waals surface area contributed by atoms with Crippen molar-refractivity contribution in [2.75, 3.05) is 0 Å². The first-order chi connectivity index (χ1) is 20.6. The highest BCUT2D eigenvalue weighted by atomic mass is 35.5. The van der Waals surface area contributed by atoms with Gasteiger partial charge in [-0.15, -0.1) is 0 Å². The summed E-state index contributed by atoms with van der Waals surface area (Å²) in [7, 11) is 0. The third-order valence-corrected chi connectivity index (χ3v) is 6.46. The fraction of sp³-hybridized carbons (Fsp3) is 0. The number of H-pyrrole nitrogens is 1. The molecule has 0 aliphatic heterocycles. The number of nitrogens with one attached hydrogen (secondary N) is 1. The molecule has 0 fully saturated rings. The minimum Gasteiger partial charge on any atom is -0.305 e. The summed E-state index contributed by atoms with van der Waals surface area (Å²) in [6.45, 7) is 0. The second kappa shape index (κ2) is 13.0. The first kappa shape index (κ1) is 27.7. The van der Waals surface area contributed by atoms with E-state index >= 15 is 0 Å². The molecule has 0 amide bonds. The van der Waals surface area contributed by atoms with Crippen LogP contribution in [0.1, 0.15) is 11.1 Å². The highest BCUT2D eigenvalue weighted by Gasteiger charge is 2.16. The van der Waals surface area contributed by atoms with Crippen molar-refractivity contribution in [1.82, 2.24) is 19.9 Å². The number of nitrogens with zero attached hydrogens (tertiary/aromatic N) is 5. The lowest BCUT2D eigenvalue weighted by Crippen LogP contribution is -2.15. The van der Waals surface area contributed by atoms with Gasteiger partial charge in [0.05, 0.1) is 11.4 Å². The van der Waals surface area contributed by atoms with Gasteiger partial charge in [0.2, 0.25) is 0 Å². The molecule has 4 aromatic carbocycles. The number of benzene rings is 4. The number of nitriles is 2. The Labute approximate surface area is 247 Å². The Morgan fingerprint density at radius 3 is 1.45 bits per heavy atom. The molecular weight excluding hydrogens is 544 g/mol. The van der Waals surface area contributed by atoms with Crippen LogP contribution in [0.15, 0.2) is 126 Å². The van der Waals surface area contributed by atoms with E-state index in [0.717, 1.165) is 22.3 Å². The van der Waals surface area contributed by atoms with Crippen LogP contribution in [0.5, 0.6) is 0 Å². The van der Waals surface area contributed by atoms with E-state index in [2.05, 4.69) is 26.0 Å². The Balaban J connectivity index is 0.000000168. The second-order valence-electron chi connectivity index (χ2n) is 8.89. The molecule has 2 aromatic heterocycles. The van der Waals surface area contributed by atoms with Crippen LogP contribution in [0.4, 0.5) is 0 Å². The SMILES string of the molecule is N#Cc1c(-c2ccccc2)nc(-c2ccccc2)[nH]c1=O.N#Cc1c(Cl)nc(-c2ccccc2)nc1-c1ccccc1. The number of aromatic amines is 1. The molecule has 42 heavy (non-hydrogen) atoms. The summed E-state index contributed by atoms with van der Waals surface area (Å²) in [5.41, 5.74) is 4.11. The molecule has 1 N–H and O–H groups in total. The van der Waals surface area contributed by atoms with E-state index in [9.17, 15) is 15.3 Å². The van der Waals surface area contributed by atoms with E-state index in [1.807, 2.05) is 127 Å². The fourth-order valence-corrected chi connectivity index (χ4v) is 4.38. The van der Waals surface area contributed by atoms with Gasteiger partial charge in [-0.2, -0.15) is 10.5 Å². The summed E-state index contributed by atoms with van der Waals surface area (Å²) < 4.78 is 0. The lowest BCUT2D eigenvalue weighted by Gasteiger charge is -2.08. The van der Waals surface area contributed by atoms with Gasteiger partial charge in [-0.25, -0.2) is 15.0 Å². The first-order valence-corrected chi connectivity index (χ1v) is 13.2. The predicted molar refractivity (Wildman–Crippen MR) is 163 cm³/mol. The lowest BCUT2D eigenvalue weighted by atomic mass is 10.1. The molecule has 0 bridgehead atoms. The van der Waals surface area contributed by atoms with Crippen LogP contribution in [-0.2, 0) is 0 Å². The van der Waals surface area contributed by atoms with Crippen LogP contribution < -0.4 is 5.56 Å². The Bertz CT molecular complexity index is 1970. The maximum atomic E-state index is 12.1. The van der Waals surface area contributed by atoms with Crippen molar-refractivity contribution in [1.29, 1.82) is 10.5 Å². The monoisotopic (exact) mass is 564 g/mol. The Kier molecular flexibility index (Phi) is 8.55. The van der Waals surface area contributed by atoms with Crippen molar-refractivity contribution in [3.63, 3.8) is 0 Å². The molecule has 0 aliphatic carbocycles. The number of halogens is 1. The van der Waals surface area contributed by atoms with E-state index < -0.39 is 5.56 Å². The number of hydrogen-bond donors (Lipinski definition) is 1. The molecule has 6 aromatic rings. The van der Waals surface area contributed by atoms with Crippen LogP contribution in [0.25, 0.3) is 45.3 Å². The summed E-state index contributed by atoms with van der Waals surface area (Å²) in [5, 5.41) is 18.7. The molecular formula is C34H21ClN6O. The summed E-state index contributed by atoms with van der Waals surface area (Å²) >= 11 is 6.16. The average Bonchev–Trinajstić information content (AvgIpc) is 3.06. The van der Waals surface area contributed by atoms with Gasteiger partial charge in [-0.05, 0) is 0 Å². The van der Waals surface area contributed by atoms with Crippen LogP contribution in [0.3, 0.4) is 0 Å². The van der Waals surface area contributed by atoms with Crippen molar-refractivity contribution >= 4 is 11.6 Å². The summed E-state index contributed by atoms with van der Waals surface area (Å²) in [6, 6.07) is 41.7. The fourth-order valence-electron chi connectivity index (χ4n) is 4.17. The topological polar surface area (TPSA) is 119 Å². The van der Waals surface area contributed by atoms with Crippen molar-refractivity contribution in [3.05, 3.63) is 148 Å².